The number of furan rings is 1. The van der Waals surface area contributed by atoms with Crippen molar-refractivity contribution in [3.8, 4) is 11.6 Å². The Kier molecular flexibility index (Phi) is 7.79. The first-order valence-corrected chi connectivity index (χ1v) is 13.3. The molecule has 2 aromatic heterocycles. The van der Waals surface area contributed by atoms with Crippen LogP contribution in [0.25, 0.3) is 22.5 Å². The molecule has 0 aliphatic carbocycles. The van der Waals surface area contributed by atoms with Crippen LogP contribution in [0.3, 0.4) is 0 Å². The predicted molar refractivity (Wildman–Crippen MR) is 149 cm³/mol. The third-order valence-corrected chi connectivity index (χ3v) is 6.92. The molecule has 0 N–H and O–H groups in total. The molecule has 1 aliphatic heterocycles. The molecular formula is C29H31ClFN5O2. The van der Waals surface area contributed by atoms with Crippen LogP contribution in [0.15, 0.2) is 65.3 Å². The molecule has 38 heavy (non-hydrogen) atoms. The monoisotopic (exact) mass is 535 g/mol. The Morgan fingerprint density at radius 2 is 1.87 bits per heavy atom. The molecule has 1 aliphatic rings. The van der Waals surface area contributed by atoms with Gasteiger partial charge >= 0.3 is 0 Å². The Labute approximate surface area is 226 Å². The number of carbonyl (C=O) groups excluding carboxylic acids is 1. The summed E-state index contributed by atoms with van der Waals surface area (Å²) in [7, 11) is 0. The molecule has 1 fully saturated rings. The topological polar surface area (TPSA) is 65.7 Å². The molecule has 1 saturated heterocycles. The van der Waals surface area contributed by atoms with Crippen LogP contribution in [0.5, 0.6) is 0 Å². The number of carbonyl (C=O) groups is 1. The van der Waals surface area contributed by atoms with Crippen molar-refractivity contribution in [3.63, 3.8) is 0 Å². The Bertz CT molecular complexity index is 1400. The van der Waals surface area contributed by atoms with Gasteiger partial charge in [0.2, 0.25) is 5.91 Å². The molecule has 198 valence electrons. The molecule has 0 radical (unpaired) electrons. The van der Waals surface area contributed by atoms with E-state index in [9.17, 15) is 9.18 Å². The maximum Gasteiger partial charge on any atom is 0.224 e. The molecule has 0 saturated carbocycles. The van der Waals surface area contributed by atoms with Crippen LogP contribution in [0.2, 0.25) is 5.02 Å². The molecule has 7 nitrogen and oxygen atoms in total. The number of para-hydroxylation sites is 1. The average Bonchev–Trinajstić information content (AvgIpc) is 3.45. The van der Waals surface area contributed by atoms with E-state index in [4.69, 9.17) is 21.0 Å². The second-order valence-electron chi connectivity index (χ2n) is 9.92. The SMILES string of the molecule is CC(C)CN(CCC(=O)N1CCN(c2ccccc2F)CC1)c1nc(-c2ccco2)nc2cc(Cl)ccc12. The normalized spacial score (nSPS) is 13.9. The third kappa shape index (κ3) is 5.75. The van der Waals surface area contributed by atoms with Gasteiger partial charge in [0.25, 0.3) is 0 Å². The lowest BCUT2D eigenvalue weighted by atomic mass is 10.1. The summed E-state index contributed by atoms with van der Waals surface area (Å²) in [6.45, 7) is 7.86. The smallest absolute Gasteiger partial charge is 0.224 e. The van der Waals surface area contributed by atoms with E-state index in [1.807, 2.05) is 40.1 Å². The summed E-state index contributed by atoms with van der Waals surface area (Å²) in [5.41, 5.74) is 1.31. The van der Waals surface area contributed by atoms with Gasteiger partial charge in [0.15, 0.2) is 11.6 Å². The van der Waals surface area contributed by atoms with Crippen LogP contribution in [0.4, 0.5) is 15.9 Å². The number of hydrogen-bond donors (Lipinski definition) is 0. The zero-order chi connectivity index (χ0) is 26.6. The van der Waals surface area contributed by atoms with Crippen molar-refractivity contribution in [1.82, 2.24) is 14.9 Å². The number of nitrogens with zero attached hydrogens (tertiary/aromatic N) is 5. The number of fused-ring (bicyclic) bond motifs is 1. The first-order chi connectivity index (χ1) is 18.4. The van der Waals surface area contributed by atoms with Gasteiger partial charge in [-0.2, -0.15) is 0 Å². The van der Waals surface area contributed by atoms with E-state index in [1.54, 1.807) is 24.5 Å². The summed E-state index contributed by atoms with van der Waals surface area (Å²) in [5, 5.41) is 1.46. The molecule has 1 amide bonds. The average molecular weight is 536 g/mol. The molecule has 3 heterocycles. The van der Waals surface area contributed by atoms with Gasteiger partial charge in [-0.25, -0.2) is 14.4 Å². The van der Waals surface area contributed by atoms with E-state index in [0.29, 0.717) is 67.4 Å². The molecule has 2 aromatic carbocycles. The number of aromatic nitrogens is 2. The molecular weight excluding hydrogens is 505 g/mol. The van der Waals surface area contributed by atoms with Crippen LogP contribution in [-0.2, 0) is 4.79 Å². The van der Waals surface area contributed by atoms with Gasteiger partial charge in [-0.05, 0) is 48.4 Å². The zero-order valence-corrected chi connectivity index (χ0v) is 22.4. The largest absolute Gasteiger partial charge is 0.461 e. The van der Waals surface area contributed by atoms with Crippen LogP contribution < -0.4 is 9.80 Å². The Hall–Kier alpha value is -3.65. The molecule has 0 bridgehead atoms. The predicted octanol–water partition coefficient (Wildman–Crippen LogP) is 5.88. The fourth-order valence-corrected chi connectivity index (χ4v) is 5.03. The van der Waals surface area contributed by atoms with Gasteiger partial charge < -0.3 is 19.1 Å². The minimum atomic E-state index is -0.233. The highest BCUT2D eigenvalue weighted by atomic mass is 35.5. The maximum atomic E-state index is 14.2. The lowest BCUT2D eigenvalue weighted by molar-refractivity contribution is -0.131. The maximum absolute atomic E-state index is 14.2. The number of benzene rings is 2. The molecule has 0 atom stereocenters. The van der Waals surface area contributed by atoms with Crippen molar-refractivity contribution in [2.24, 2.45) is 5.92 Å². The summed E-state index contributed by atoms with van der Waals surface area (Å²) >= 11 is 6.29. The number of hydrogen-bond acceptors (Lipinski definition) is 6. The van der Waals surface area contributed by atoms with Gasteiger partial charge in [-0.3, -0.25) is 4.79 Å². The first kappa shape index (κ1) is 26.0. The van der Waals surface area contributed by atoms with Gasteiger partial charge in [-0.15, -0.1) is 0 Å². The summed E-state index contributed by atoms with van der Waals surface area (Å²) < 4.78 is 19.8. The molecule has 4 aromatic rings. The first-order valence-electron chi connectivity index (χ1n) is 12.9. The lowest BCUT2D eigenvalue weighted by Gasteiger charge is -2.36. The molecule has 0 spiro atoms. The number of halogens is 2. The summed E-state index contributed by atoms with van der Waals surface area (Å²) in [6, 6.07) is 16.0. The number of piperazine rings is 1. The van der Waals surface area contributed by atoms with Gasteiger partial charge in [0.1, 0.15) is 11.6 Å². The molecule has 0 unspecified atom stereocenters. The molecule has 5 rings (SSSR count). The van der Waals surface area contributed by atoms with E-state index in [1.165, 1.54) is 6.07 Å². The second kappa shape index (κ2) is 11.4. The fraction of sp³-hybridized carbons (Fsp3) is 0.345. The van der Waals surface area contributed by atoms with Crippen molar-refractivity contribution in [1.29, 1.82) is 0 Å². The van der Waals surface area contributed by atoms with Crippen LogP contribution >= 0.6 is 11.6 Å². The summed E-state index contributed by atoms with van der Waals surface area (Å²) in [5.74, 6) is 2.00. The van der Waals surface area contributed by atoms with Crippen molar-refractivity contribution < 1.29 is 13.6 Å². The van der Waals surface area contributed by atoms with Crippen molar-refractivity contribution in [3.05, 3.63) is 71.7 Å². The van der Waals surface area contributed by atoms with E-state index in [-0.39, 0.29) is 11.7 Å². The van der Waals surface area contributed by atoms with Gasteiger partial charge in [0.05, 0.1) is 17.5 Å². The van der Waals surface area contributed by atoms with Crippen molar-refractivity contribution in [2.45, 2.75) is 20.3 Å². The van der Waals surface area contributed by atoms with Crippen LogP contribution in [0, 0.1) is 11.7 Å². The molecule has 9 heteroatoms. The number of anilines is 2. The van der Waals surface area contributed by atoms with Crippen molar-refractivity contribution in [2.75, 3.05) is 49.1 Å². The highest BCUT2D eigenvalue weighted by Crippen LogP contribution is 2.30. The van der Waals surface area contributed by atoms with Crippen LogP contribution in [-0.4, -0.2) is 60.0 Å². The van der Waals surface area contributed by atoms with Gasteiger partial charge in [0, 0.05) is 56.1 Å². The fourth-order valence-electron chi connectivity index (χ4n) is 4.86. The van der Waals surface area contributed by atoms with E-state index >= 15 is 0 Å². The van der Waals surface area contributed by atoms with E-state index in [2.05, 4.69) is 23.7 Å². The minimum Gasteiger partial charge on any atom is -0.461 e. The summed E-state index contributed by atoms with van der Waals surface area (Å²) in [6.07, 6.45) is 1.94. The number of amides is 1. The van der Waals surface area contributed by atoms with E-state index < -0.39 is 0 Å². The highest BCUT2D eigenvalue weighted by Gasteiger charge is 2.24. The lowest BCUT2D eigenvalue weighted by Crippen LogP contribution is -2.49. The minimum absolute atomic E-state index is 0.0830. The third-order valence-electron chi connectivity index (χ3n) is 6.69. The summed E-state index contributed by atoms with van der Waals surface area (Å²) in [4.78, 5) is 28.8. The highest BCUT2D eigenvalue weighted by molar-refractivity contribution is 6.31. The van der Waals surface area contributed by atoms with Gasteiger partial charge in [-0.1, -0.05) is 37.6 Å². The standard InChI is InChI=1S/C29H31ClFN5O2/c1-20(2)19-36(12-11-27(37)35-15-13-34(14-16-35)25-7-4-3-6-23(25)31)29-22-10-9-21(30)18-24(22)32-28(33-29)26-8-5-17-38-26/h3-10,17-18,20H,11-16,19H2,1-2H3. The van der Waals surface area contributed by atoms with E-state index in [0.717, 1.165) is 23.3 Å². The zero-order valence-electron chi connectivity index (χ0n) is 21.6. The Morgan fingerprint density at radius 3 is 2.58 bits per heavy atom. The second-order valence-corrected chi connectivity index (χ2v) is 10.4. The Morgan fingerprint density at radius 1 is 1.08 bits per heavy atom. The van der Waals surface area contributed by atoms with Crippen molar-refractivity contribution >= 4 is 39.9 Å². The Balaban J connectivity index is 1.33. The van der Waals surface area contributed by atoms with Crippen LogP contribution in [0.1, 0.15) is 20.3 Å². The quantitative estimate of drug-likeness (QED) is 0.280. The number of rotatable bonds is 8.